The van der Waals surface area contributed by atoms with Crippen LogP contribution in [-0.4, -0.2) is 12.6 Å². The fourth-order valence-electron chi connectivity index (χ4n) is 2.70. The molecule has 78 valence electrons. The first-order valence-electron chi connectivity index (χ1n) is 5.88. The molecule has 1 heteroatoms. The highest BCUT2D eigenvalue weighted by atomic mass is 14.9. The minimum atomic E-state index is 0.786. The minimum absolute atomic E-state index is 0.786. The first kappa shape index (κ1) is 11.0. The average molecular weight is 183 g/mol. The molecular weight excluding hydrogens is 158 g/mol. The summed E-state index contributed by atoms with van der Waals surface area (Å²) in [6.45, 7) is 10.5. The fraction of sp³-hybridized carbons (Fsp3) is 1.00. The maximum atomic E-state index is 3.65. The lowest BCUT2D eigenvalue weighted by atomic mass is 9.74. The van der Waals surface area contributed by atoms with E-state index in [1.165, 1.54) is 19.3 Å². The van der Waals surface area contributed by atoms with Crippen LogP contribution in [0.4, 0.5) is 0 Å². The summed E-state index contributed by atoms with van der Waals surface area (Å²) in [6.07, 6.45) is 4.25. The number of rotatable bonds is 3. The summed E-state index contributed by atoms with van der Waals surface area (Å²) in [5.74, 6) is 2.69. The van der Waals surface area contributed by atoms with E-state index < -0.39 is 0 Å². The lowest BCUT2D eigenvalue weighted by molar-refractivity contribution is 0.172. The maximum absolute atomic E-state index is 3.65. The second-order valence-electron chi connectivity index (χ2n) is 4.99. The van der Waals surface area contributed by atoms with Gasteiger partial charge in [0.05, 0.1) is 0 Å². The van der Waals surface area contributed by atoms with E-state index in [0.29, 0.717) is 0 Å². The fourth-order valence-corrected chi connectivity index (χ4v) is 2.70. The number of hydrogen-bond donors (Lipinski definition) is 1. The van der Waals surface area contributed by atoms with Crippen LogP contribution in [0.5, 0.6) is 0 Å². The Morgan fingerprint density at radius 2 is 2.00 bits per heavy atom. The van der Waals surface area contributed by atoms with Crippen LogP contribution in [-0.2, 0) is 0 Å². The third kappa shape index (κ3) is 2.98. The highest BCUT2D eigenvalue weighted by Crippen LogP contribution is 2.33. The molecule has 0 saturated heterocycles. The van der Waals surface area contributed by atoms with Gasteiger partial charge in [0.1, 0.15) is 0 Å². The molecule has 1 N–H and O–H groups in total. The molecule has 1 aliphatic carbocycles. The summed E-state index contributed by atoms with van der Waals surface area (Å²) in [7, 11) is 0. The Morgan fingerprint density at radius 3 is 2.54 bits per heavy atom. The molecule has 1 fully saturated rings. The van der Waals surface area contributed by atoms with Crippen molar-refractivity contribution in [3.63, 3.8) is 0 Å². The predicted molar refractivity (Wildman–Crippen MR) is 58.8 cm³/mol. The van der Waals surface area contributed by atoms with Crippen LogP contribution in [0, 0.1) is 17.8 Å². The van der Waals surface area contributed by atoms with Gasteiger partial charge in [-0.1, -0.05) is 34.1 Å². The molecule has 0 aliphatic heterocycles. The summed E-state index contributed by atoms with van der Waals surface area (Å²) in [6, 6.07) is 0.786. The highest BCUT2D eigenvalue weighted by Gasteiger charge is 2.29. The van der Waals surface area contributed by atoms with Gasteiger partial charge in [0.2, 0.25) is 0 Å². The molecule has 0 radical (unpaired) electrons. The van der Waals surface area contributed by atoms with Gasteiger partial charge >= 0.3 is 0 Å². The Balaban J connectivity index is 2.50. The van der Waals surface area contributed by atoms with Crippen LogP contribution >= 0.6 is 0 Å². The molecule has 1 aliphatic rings. The van der Waals surface area contributed by atoms with Crippen molar-refractivity contribution in [2.45, 2.75) is 53.0 Å². The first-order valence-corrected chi connectivity index (χ1v) is 5.88. The van der Waals surface area contributed by atoms with Gasteiger partial charge in [-0.15, -0.1) is 0 Å². The SMILES string of the molecule is CCN[C@H]1C[C@H](C)CC[C@H]1C(C)C. The monoisotopic (exact) mass is 183 g/mol. The quantitative estimate of drug-likeness (QED) is 0.709. The van der Waals surface area contributed by atoms with Crippen LogP contribution in [0.1, 0.15) is 47.0 Å². The van der Waals surface area contributed by atoms with Crippen LogP contribution in [0.15, 0.2) is 0 Å². The number of nitrogens with one attached hydrogen (secondary N) is 1. The molecule has 1 nitrogen and oxygen atoms in total. The van der Waals surface area contributed by atoms with Crippen molar-refractivity contribution in [1.82, 2.24) is 5.32 Å². The molecule has 0 amide bonds. The molecule has 0 bridgehead atoms. The van der Waals surface area contributed by atoms with Gasteiger partial charge in [0.15, 0.2) is 0 Å². The van der Waals surface area contributed by atoms with Crippen LogP contribution in [0.3, 0.4) is 0 Å². The van der Waals surface area contributed by atoms with Crippen molar-refractivity contribution < 1.29 is 0 Å². The Hall–Kier alpha value is -0.0400. The Bertz CT molecular complexity index is 142. The maximum Gasteiger partial charge on any atom is 0.0100 e. The molecule has 3 atom stereocenters. The van der Waals surface area contributed by atoms with Gasteiger partial charge in [-0.3, -0.25) is 0 Å². The van der Waals surface area contributed by atoms with E-state index in [2.05, 4.69) is 33.0 Å². The lowest BCUT2D eigenvalue weighted by Crippen LogP contribution is -2.42. The third-order valence-corrected chi connectivity index (χ3v) is 3.49. The summed E-state index contributed by atoms with van der Waals surface area (Å²) in [5.41, 5.74) is 0. The zero-order valence-corrected chi connectivity index (χ0v) is 9.64. The molecule has 0 unspecified atom stereocenters. The molecule has 0 spiro atoms. The van der Waals surface area contributed by atoms with Crippen LogP contribution in [0.25, 0.3) is 0 Å². The standard InChI is InChI=1S/C12H25N/c1-5-13-12-8-10(4)6-7-11(12)9(2)3/h9-13H,5-8H2,1-4H3/t10-,11+,12+/m1/s1. The summed E-state index contributed by atoms with van der Waals surface area (Å²) < 4.78 is 0. The van der Waals surface area contributed by atoms with Crippen molar-refractivity contribution >= 4 is 0 Å². The summed E-state index contributed by atoms with van der Waals surface area (Å²) in [5, 5.41) is 3.65. The van der Waals surface area contributed by atoms with E-state index in [1.54, 1.807) is 0 Å². The highest BCUT2D eigenvalue weighted by molar-refractivity contribution is 4.84. The Labute approximate surface area is 83.3 Å². The van der Waals surface area contributed by atoms with Gasteiger partial charge < -0.3 is 5.32 Å². The molecule has 0 aromatic heterocycles. The second-order valence-corrected chi connectivity index (χ2v) is 4.99. The zero-order valence-electron chi connectivity index (χ0n) is 9.64. The van der Waals surface area contributed by atoms with Crippen molar-refractivity contribution in [2.75, 3.05) is 6.54 Å². The third-order valence-electron chi connectivity index (χ3n) is 3.49. The Kier molecular flexibility index (Phi) is 4.24. The molecule has 1 saturated carbocycles. The van der Waals surface area contributed by atoms with Crippen molar-refractivity contribution in [3.05, 3.63) is 0 Å². The largest absolute Gasteiger partial charge is 0.314 e. The van der Waals surface area contributed by atoms with E-state index in [-0.39, 0.29) is 0 Å². The Morgan fingerprint density at radius 1 is 1.31 bits per heavy atom. The second kappa shape index (κ2) is 4.99. The number of hydrogen-bond acceptors (Lipinski definition) is 1. The predicted octanol–water partition coefficient (Wildman–Crippen LogP) is 3.06. The zero-order chi connectivity index (χ0) is 9.84. The molecule has 13 heavy (non-hydrogen) atoms. The van der Waals surface area contributed by atoms with Gasteiger partial charge in [0.25, 0.3) is 0 Å². The molecule has 0 aromatic carbocycles. The smallest absolute Gasteiger partial charge is 0.0100 e. The minimum Gasteiger partial charge on any atom is -0.314 e. The topological polar surface area (TPSA) is 12.0 Å². The first-order chi connectivity index (χ1) is 6.15. The van der Waals surface area contributed by atoms with Crippen molar-refractivity contribution in [1.29, 1.82) is 0 Å². The molecule has 1 rings (SSSR count). The molecule has 0 heterocycles. The van der Waals surface area contributed by atoms with E-state index >= 15 is 0 Å². The van der Waals surface area contributed by atoms with Crippen LogP contribution in [0.2, 0.25) is 0 Å². The van der Waals surface area contributed by atoms with E-state index in [4.69, 9.17) is 0 Å². The summed E-state index contributed by atoms with van der Waals surface area (Å²) in [4.78, 5) is 0. The van der Waals surface area contributed by atoms with E-state index in [9.17, 15) is 0 Å². The average Bonchev–Trinajstić information content (AvgIpc) is 2.04. The van der Waals surface area contributed by atoms with Crippen molar-refractivity contribution in [3.8, 4) is 0 Å². The van der Waals surface area contributed by atoms with E-state index in [0.717, 1.165) is 30.3 Å². The normalized spacial score (nSPS) is 35.3. The van der Waals surface area contributed by atoms with Gasteiger partial charge in [-0.2, -0.15) is 0 Å². The summed E-state index contributed by atoms with van der Waals surface area (Å²) >= 11 is 0. The van der Waals surface area contributed by atoms with Gasteiger partial charge in [-0.25, -0.2) is 0 Å². The van der Waals surface area contributed by atoms with E-state index in [1.807, 2.05) is 0 Å². The molecular formula is C12H25N. The van der Waals surface area contributed by atoms with Crippen molar-refractivity contribution in [2.24, 2.45) is 17.8 Å². The lowest BCUT2D eigenvalue weighted by Gasteiger charge is -2.37. The van der Waals surface area contributed by atoms with Crippen LogP contribution < -0.4 is 5.32 Å². The van der Waals surface area contributed by atoms with Gasteiger partial charge in [-0.05, 0) is 37.1 Å². The van der Waals surface area contributed by atoms with Gasteiger partial charge in [0, 0.05) is 6.04 Å². The molecule has 0 aromatic rings.